The molecule has 78 valence electrons. The van der Waals surface area contributed by atoms with Gasteiger partial charge in [0.05, 0.1) is 24.1 Å². The van der Waals surface area contributed by atoms with Crippen molar-refractivity contribution in [3.63, 3.8) is 0 Å². The van der Waals surface area contributed by atoms with Gasteiger partial charge in [-0.05, 0) is 22.0 Å². The molecular weight excluding hydrogens is 262 g/mol. The average molecular weight is 277 g/mol. The maximum absolute atomic E-state index is 9.38. The Hall–Kier alpha value is 0.1000. The predicted octanol–water partition coefficient (Wildman–Crippen LogP) is 1.05. The van der Waals surface area contributed by atoms with E-state index >= 15 is 0 Å². The van der Waals surface area contributed by atoms with Gasteiger partial charge in [0.1, 0.15) is 6.54 Å². The first-order chi connectivity index (χ1) is 6.74. The maximum atomic E-state index is 9.38. The largest absolute Gasteiger partial charge is 0.393 e. The molecule has 2 heterocycles. The Morgan fingerprint density at radius 2 is 2.21 bits per heavy atom. The van der Waals surface area contributed by atoms with Crippen LogP contribution in [0.3, 0.4) is 0 Å². The summed E-state index contributed by atoms with van der Waals surface area (Å²) in [6.07, 6.45) is 1.87. The lowest BCUT2D eigenvalue weighted by Gasteiger charge is -2.26. The van der Waals surface area contributed by atoms with Crippen LogP contribution in [-0.4, -0.2) is 24.3 Å². The average Bonchev–Trinajstić information content (AvgIpc) is 2.56. The molecule has 0 aliphatic carbocycles. The number of piperidine rings is 1. The van der Waals surface area contributed by atoms with Crippen molar-refractivity contribution in [1.29, 1.82) is 0 Å². The minimum Gasteiger partial charge on any atom is -0.393 e. The summed E-state index contributed by atoms with van der Waals surface area (Å²) >= 11 is 5.28. The molecule has 0 unspecified atom stereocenters. The van der Waals surface area contributed by atoms with E-state index in [0.717, 1.165) is 32.5 Å². The summed E-state index contributed by atoms with van der Waals surface area (Å²) in [6.45, 7) is 3.33. The fraction of sp³-hybridized carbons (Fsp3) is 0.600. The second-order valence-electron chi connectivity index (χ2n) is 3.89. The summed E-state index contributed by atoms with van der Waals surface area (Å²) in [5.74, 6) is 0. The Labute approximate surface area is 96.7 Å². The molecule has 0 amide bonds. The molecule has 14 heavy (non-hydrogen) atoms. The molecule has 4 heteroatoms. The third kappa shape index (κ3) is 2.79. The highest BCUT2D eigenvalue weighted by molar-refractivity contribution is 9.10. The monoisotopic (exact) mass is 276 g/mol. The Kier molecular flexibility index (Phi) is 3.60. The number of hydrogen-bond donors (Lipinski definition) is 2. The van der Waals surface area contributed by atoms with Crippen LogP contribution in [0.2, 0.25) is 0 Å². The standard InChI is InChI=1S/C10H14BrNOS/c11-8-5-10(14-7-8)6-12-3-1-9(13)2-4-12/h5,7,9,13H,1-4,6H2/p+1. The minimum atomic E-state index is -0.0474. The molecule has 1 saturated heterocycles. The summed E-state index contributed by atoms with van der Waals surface area (Å²) in [5, 5.41) is 11.5. The number of aliphatic hydroxyl groups excluding tert-OH is 1. The molecular formula is C10H15BrNOS+. The number of likely N-dealkylation sites (tertiary alicyclic amines) is 1. The van der Waals surface area contributed by atoms with E-state index in [1.807, 2.05) is 11.3 Å². The van der Waals surface area contributed by atoms with Gasteiger partial charge in [-0.3, -0.25) is 0 Å². The van der Waals surface area contributed by atoms with Crippen LogP contribution in [0, 0.1) is 0 Å². The molecule has 2 rings (SSSR count). The van der Waals surface area contributed by atoms with Gasteiger partial charge in [0.2, 0.25) is 0 Å². The zero-order valence-corrected chi connectivity index (χ0v) is 10.4. The number of halogens is 1. The van der Waals surface area contributed by atoms with Gasteiger partial charge in [0.15, 0.2) is 0 Å². The van der Waals surface area contributed by atoms with Crippen molar-refractivity contribution in [2.24, 2.45) is 0 Å². The Balaban J connectivity index is 1.86. The molecule has 0 bridgehead atoms. The molecule has 0 radical (unpaired) electrons. The molecule has 1 aromatic rings. The van der Waals surface area contributed by atoms with E-state index in [2.05, 4.69) is 27.4 Å². The summed E-state index contributed by atoms with van der Waals surface area (Å²) in [4.78, 5) is 3.04. The maximum Gasteiger partial charge on any atom is 0.112 e. The Morgan fingerprint density at radius 1 is 1.50 bits per heavy atom. The zero-order valence-electron chi connectivity index (χ0n) is 8.00. The van der Waals surface area contributed by atoms with Crippen LogP contribution >= 0.6 is 27.3 Å². The van der Waals surface area contributed by atoms with E-state index in [1.165, 1.54) is 9.35 Å². The Bertz CT molecular complexity index is 294. The minimum absolute atomic E-state index is 0.0474. The smallest absolute Gasteiger partial charge is 0.112 e. The highest BCUT2D eigenvalue weighted by atomic mass is 79.9. The molecule has 2 N–H and O–H groups in total. The predicted molar refractivity (Wildman–Crippen MR) is 61.7 cm³/mol. The topological polar surface area (TPSA) is 24.7 Å². The molecule has 0 saturated carbocycles. The summed E-state index contributed by atoms with van der Waals surface area (Å²) in [6, 6.07) is 2.20. The molecule has 0 atom stereocenters. The van der Waals surface area contributed by atoms with E-state index in [1.54, 1.807) is 4.90 Å². The van der Waals surface area contributed by atoms with Crippen molar-refractivity contribution in [1.82, 2.24) is 0 Å². The van der Waals surface area contributed by atoms with Crippen LogP contribution in [0.1, 0.15) is 17.7 Å². The summed E-state index contributed by atoms with van der Waals surface area (Å²) < 4.78 is 1.19. The molecule has 0 aromatic carbocycles. The quantitative estimate of drug-likeness (QED) is 0.830. The second kappa shape index (κ2) is 4.75. The zero-order chi connectivity index (χ0) is 9.97. The van der Waals surface area contributed by atoms with Crippen molar-refractivity contribution in [2.75, 3.05) is 13.1 Å². The van der Waals surface area contributed by atoms with Gasteiger partial charge in [0.25, 0.3) is 0 Å². The van der Waals surface area contributed by atoms with Gasteiger partial charge >= 0.3 is 0 Å². The van der Waals surface area contributed by atoms with Crippen LogP contribution in [0.4, 0.5) is 0 Å². The van der Waals surface area contributed by atoms with Gasteiger partial charge in [-0.15, -0.1) is 11.3 Å². The van der Waals surface area contributed by atoms with Crippen molar-refractivity contribution in [3.8, 4) is 0 Å². The van der Waals surface area contributed by atoms with Crippen LogP contribution in [-0.2, 0) is 6.54 Å². The first kappa shape index (κ1) is 10.6. The van der Waals surface area contributed by atoms with Crippen LogP contribution < -0.4 is 4.90 Å². The first-order valence-electron chi connectivity index (χ1n) is 4.98. The number of thiophene rings is 1. The molecule has 0 spiro atoms. The molecule has 1 aromatic heterocycles. The highest BCUT2D eigenvalue weighted by Gasteiger charge is 2.20. The number of quaternary nitrogens is 1. The van der Waals surface area contributed by atoms with E-state index in [9.17, 15) is 5.11 Å². The molecule has 1 aliphatic heterocycles. The summed E-state index contributed by atoms with van der Waals surface area (Å²) in [7, 11) is 0. The Morgan fingerprint density at radius 3 is 2.79 bits per heavy atom. The number of nitrogens with one attached hydrogen (secondary N) is 1. The lowest BCUT2D eigenvalue weighted by molar-refractivity contribution is -0.919. The van der Waals surface area contributed by atoms with Crippen molar-refractivity contribution in [3.05, 3.63) is 20.8 Å². The van der Waals surface area contributed by atoms with E-state index in [4.69, 9.17) is 0 Å². The van der Waals surface area contributed by atoms with Gasteiger partial charge in [-0.2, -0.15) is 0 Å². The van der Waals surface area contributed by atoms with E-state index in [-0.39, 0.29) is 6.10 Å². The third-order valence-corrected chi connectivity index (χ3v) is 4.41. The SMILES string of the molecule is OC1CC[NH+](Cc2cc(Br)cs2)CC1. The number of rotatable bonds is 2. The van der Waals surface area contributed by atoms with Crippen molar-refractivity contribution < 1.29 is 10.0 Å². The van der Waals surface area contributed by atoms with Gasteiger partial charge in [-0.25, -0.2) is 0 Å². The molecule has 1 aliphatic rings. The number of hydrogen-bond acceptors (Lipinski definition) is 2. The van der Waals surface area contributed by atoms with E-state index < -0.39 is 0 Å². The number of aliphatic hydroxyl groups is 1. The fourth-order valence-electron chi connectivity index (χ4n) is 1.88. The summed E-state index contributed by atoms with van der Waals surface area (Å²) in [5.41, 5.74) is 0. The van der Waals surface area contributed by atoms with Crippen LogP contribution in [0.15, 0.2) is 15.9 Å². The lowest BCUT2D eigenvalue weighted by Crippen LogP contribution is -3.11. The first-order valence-corrected chi connectivity index (χ1v) is 6.66. The van der Waals surface area contributed by atoms with Gasteiger partial charge < -0.3 is 10.0 Å². The van der Waals surface area contributed by atoms with Crippen LogP contribution in [0.25, 0.3) is 0 Å². The van der Waals surface area contributed by atoms with Crippen molar-refractivity contribution >= 4 is 27.3 Å². The van der Waals surface area contributed by atoms with Crippen LogP contribution in [0.5, 0.6) is 0 Å². The molecule has 1 fully saturated rings. The van der Waals surface area contributed by atoms with Gasteiger partial charge in [0, 0.05) is 22.7 Å². The normalized spacial score (nSPS) is 27.9. The third-order valence-electron chi connectivity index (χ3n) is 2.71. The van der Waals surface area contributed by atoms with E-state index in [0.29, 0.717) is 0 Å². The van der Waals surface area contributed by atoms with Gasteiger partial charge in [-0.1, -0.05) is 0 Å². The second-order valence-corrected chi connectivity index (χ2v) is 5.80. The van der Waals surface area contributed by atoms with Crippen molar-refractivity contribution in [2.45, 2.75) is 25.5 Å². The lowest BCUT2D eigenvalue weighted by atomic mass is 10.1. The fourth-order valence-corrected chi connectivity index (χ4v) is 3.40. The highest BCUT2D eigenvalue weighted by Crippen LogP contribution is 2.18. The molecule has 2 nitrogen and oxygen atoms in total.